The molecule has 228 valence electrons. The first-order chi connectivity index (χ1) is 24.2. The van der Waals surface area contributed by atoms with E-state index in [1.807, 2.05) is 36.4 Å². The lowest BCUT2D eigenvalue weighted by atomic mass is 10.0. The number of aromatic amines is 2. The normalized spacial score (nSPS) is 14.2. The van der Waals surface area contributed by atoms with Gasteiger partial charge in [0.2, 0.25) is 0 Å². The molecule has 8 bridgehead atoms. The molecule has 7 aromatic rings. The summed E-state index contributed by atoms with van der Waals surface area (Å²) in [6, 6.07) is 50.1. The van der Waals surface area contributed by atoms with Crippen LogP contribution in [0.2, 0.25) is 0 Å². The maximum absolute atomic E-state index is 9.44. The molecule has 9 rings (SSSR count). The number of rotatable bonds is 4. The Morgan fingerprint density at radius 2 is 0.750 bits per heavy atom. The minimum Gasteiger partial charge on any atom is -0.354 e. The molecule has 0 amide bonds. The van der Waals surface area contributed by atoms with Crippen LogP contribution in [0.3, 0.4) is 0 Å². The van der Waals surface area contributed by atoms with E-state index < -0.39 is 6.40 Å². The van der Waals surface area contributed by atoms with Gasteiger partial charge in [0.25, 0.3) is 0 Å². The molecule has 0 saturated heterocycles. The van der Waals surface area contributed by atoms with Crippen LogP contribution in [0.5, 0.6) is 0 Å². The first-order valence-corrected chi connectivity index (χ1v) is 16.3. The number of nitrogens with zero attached hydrogens (tertiary/aromatic N) is 2. The molecule has 4 heteroatoms. The number of H-pyrrole nitrogens is 2. The van der Waals surface area contributed by atoms with Crippen molar-refractivity contribution in [2.75, 3.05) is 0 Å². The van der Waals surface area contributed by atoms with Crippen molar-refractivity contribution >= 4 is 34.2 Å². The van der Waals surface area contributed by atoms with Crippen LogP contribution >= 0.6 is 0 Å². The van der Waals surface area contributed by atoms with Crippen molar-refractivity contribution in [2.45, 2.75) is 12.8 Å². The molecule has 2 aliphatic rings. The molecule has 0 radical (unpaired) electrons. The Balaban J connectivity index is 1.49. The van der Waals surface area contributed by atoms with Gasteiger partial charge in [0.15, 0.2) is 0 Å². The molecule has 48 heavy (non-hydrogen) atoms. The molecule has 0 fully saturated rings. The van der Waals surface area contributed by atoms with Crippen molar-refractivity contribution in [1.82, 2.24) is 19.9 Å². The number of nitrogens with one attached hydrogen (secondary N) is 2. The molecule has 1 unspecified atom stereocenters. The van der Waals surface area contributed by atoms with Crippen molar-refractivity contribution in [3.05, 3.63) is 168 Å². The predicted octanol–water partition coefficient (Wildman–Crippen LogP) is 10.9. The molecule has 4 aromatic carbocycles. The molecule has 4 nitrogen and oxygen atoms in total. The lowest BCUT2D eigenvalue weighted by Crippen LogP contribution is -1.89. The maximum Gasteiger partial charge on any atom is 0.0737 e. The average Bonchev–Trinajstić information content (AvgIpc) is 3.98. The quantitative estimate of drug-likeness (QED) is 0.206. The van der Waals surface area contributed by atoms with Crippen LogP contribution in [0, 0.1) is 0 Å². The Kier molecular flexibility index (Phi) is 6.63. The molecule has 3 aromatic heterocycles. The van der Waals surface area contributed by atoms with Crippen molar-refractivity contribution in [3.63, 3.8) is 0 Å². The van der Waals surface area contributed by atoms with Crippen LogP contribution in [0.25, 0.3) is 78.7 Å². The van der Waals surface area contributed by atoms with E-state index in [0.717, 1.165) is 89.4 Å². The van der Waals surface area contributed by atoms with Gasteiger partial charge in [0.1, 0.15) is 0 Å². The van der Waals surface area contributed by atoms with Gasteiger partial charge in [-0.25, -0.2) is 4.98 Å². The number of hydrogen-bond acceptors (Lipinski definition) is 2. The Hall–Kier alpha value is -6.26. The Bertz CT molecular complexity index is 2520. The smallest absolute Gasteiger partial charge is 0.0737 e. The fourth-order valence-electron chi connectivity index (χ4n) is 6.98. The highest BCUT2D eigenvalue weighted by molar-refractivity contribution is 5.97. The second-order valence-corrected chi connectivity index (χ2v) is 12.1. The summed E-state index contributed by atoms with van der Waals surface area (Å²) in [6.07, 6.45) is 4.21. The van der Waals surface area contributed by atoms with E-state index in [1.54, 1.807) is 0 Å². The summed E-state index contributed by atoms with van der Waals surface area (Å²) in [5, 5.41) is 0. The number of aryl methyl sites for hydroxylation is 2. The van der Waals surface area contributed by atoms with Crippen molar-refractivity contribution < 1.29 is 1.37 Å². The van der Waals surface area contributed by atoms with E-state index >= 15 is 0 Å². The standard InChI is InChI=1S/C44H32N4/c1-5-13-29(14-6-1)41-33-21-23-35(45-33)42(30-15-7-2-8-16-30)37-25-27-39(47-37)44(32-19-11-4-12-20-32)40-28-26-38(48-40)43(31-17-9-3-10-18-31)36-24-22-34(41)46-36/h1-25,27,46-47H,26,28H2/i26D. The summed E-state index contributed by atoms with van der Waals surface area (Å²) < 4.78 is 9.44. The van der Waals surface area contributed by atoms with E-state index in [-0.39, 0.29) is 0 Å². The SMILES string of the molecule is [2H]C1Cc2nc1c(-c1ccccc1)c1ccc([nH]1)c(-c1ccccc1)c1nc(c(-c3ccccc3)c3ccc([nH]3)c2-c2ccccc2)C=C1. The minimum atomic E-state index is -0.538. The third-order valence-electron chi connectivity index (χ3n) is 9.14. The average molecular weight is 618 g/mol. The lowest BCUT2D eigenvalue weighted by Gasteiger charge is -2.06. The van der Waals surface area contributed by atoms with Gasteiger partial charge in [-0.2, -0.15) is 0 Å². The topological polar surface area (TPSA) is 57.4 Å². The van der Waals surface area contributed by atoms with Gasteiger partial charge in [-0.15, -0.1) is 0 Å². The van der Waals surface area contributed by atoms with Crippen molar-refractivity contribution in [3.8, 4) is 44.5 Å². The fourth-order valence-corrected chi connectivity index (χ4v) is 6.98. The molecular weight excluding hydrogens is 585 g/mol. The predicted molar refractivity (Wildman–Crippen MR) is 199 cm³/mol. The van der Waals surface area contributed by atoms with Crippen molar-refractivity contribution in [2.24, 2.45) is 0 Å². The highest BCUT2D eigenvalue weighted by Gasteiger charge is 2.20. The summed E-state index contributed by atoms with van der Waals surface area (Å²) in [4.78, 5) is 18.3. The third kappa shape index (κ3) is 4.95. The number of aromatic nitrogens is 4. The largest absolute Gasteiger partial charge is 0.354 e. The van der Waals surface area contributed by atoms with Gasteiger partial charge in [0, 0.05) is 45.7 Å². The molecule has 1 atom stereocenters. The van der Waals surface area contributed by atoms with Gasteiger partial charge in [-0.3, -0.25) is 4.98 Å². The first kappa shape index (κ1) is 26.9. The second kappa shape index (κ2) is 11.8. The summed E-state index contributed by atoms with van der Waals surface area (Å²) in [5.74, 6) is 0. The summed E-state index contributed by atoms with van der Waals surface area (Å²) >= 11 is 0. The van der Waals surface area contributed by atoms with Crippen LogP contribution in [0.1, 0.15) is 24.1 Å². The second-order valence-electron chi connectivity index (χ2n) is 12.1. The van der Waals surface area contributed by atoms with Crippen LogP contribution < -0.4 is 0 Å². The highest BCUT2D eigenvalue weighted by Crippen LogP contribution is 2.38. The van der Waals surface area contributed by atoms with Crippen LogP contribution in [0.15, 0.2) is 146 Å². The van der Waals surface area contributed by atoms with Crippen LogP contribution in [0.4, 0.5) is 0 Å². The Morgan fingerprint density at radius 1 is 0.396 bits per heavy atom. The number of hydrogen-bond donors (Lipinski definition) is 2. The summed E-state index contributed by atoms with van der Waals surface area (Å²) in [6.45, 7) is 0. The zero-order valence-corrected chi connectivity index (χ0v) is 26.2. The Morgan fingerprint density at radius 3 is 1.17 bits per heavy atom. The summed E-state index contributed by atoms with van der Waals surface area (Å²) in [7, 11) is 0. The van der Waals surface area contributed by atoms with E-state index in [0.29, 0.717) is 6.42 Å². The van der Waals surface area contributed by atoms with Crippen molar-refractivity contribution in [1.29, 1.82) is 0 Å². The van der Waals surface area contributed by atoms with E-state index in [2.05, 4.69) is 131 Å². The third-order valence-corrected chi connectivity index (χ3v) is 9.14. The van der Waals surface area contributed by atoms with Crippen LogP contribution in [-0.4, -0.2) is 19.9 Å². The number of benzene rings is 4. The molecule has 0 spiro atoms. The monoisotopic (exact) mass is 617 g/mol. The fraction of sp³-hybridized carbons (Fsp3) is 0.0455. The highest BCUT2D eigenvalue weighted by atomic mass is 14.8. The molecule has 2 N–H and O–H groups in total. The zero-order chi connectivity index (χ0) is 32.7. The molecule has 2 aliphatic heterocycles. The van der Waals surface area contributed by atoms with Gasteiger partial charge in [0.05, 0.1) is 22.8 Å². The Labute approximate surface area is 280 Å². The zero-order valence-electron chi connectivity index (χ0n) is 27.2. The van der Waals surface area contributed by atoms with Crippen LogP contribution in [-0.2, 0) is 12.8 Å². The molecule has 0 aliphatic carbocycles. The lowest BCUT2D eigenvalue weighted by molar-refractivity contribution is 1.03. The van der Waals surface area contributed by atoms with E-state index in [9.17, 15) is 1.37 Å². The first-order valence-electron chi connectivity index (χ1n) is 16.9. The minimum absolute atomic E-state index is 0.502. The number of fused-ring (bicyclic) bond motifs is 8. The molecule has 5 heterocycles. The van der Waals surface area contributed by atoms with Gasteiger partial charge < -0.3 is 9.97 Å². The summed E-state index contributed by atoms with van der Waals surface area (Å²) in [5.41, 5.74) is 15.4. The van der Waals surface area contributed by atoms with E-state index in [1.165, 1.54) is 0 Å². The maximum atomic E-state index is 9.44. The molecule has 0 saturated carbocycles. The van der Waals surface area contributed by atoms with E-state index in [4.69, 9.17) is 9.97 Å². The van der Waals surface area contributed by atoms with Gasteiger partial charge in [-0.1, -0.05) is 121 Å². The molecular formula is C44H32N4. The van der Waals surface area contributed by atoms with Gasteiger partial charge >= 0.3 is 0 Å². The van der Waals surface area contributed by atoms with Gasteiger partial charge in [-0.05, 0) is 71.5 Å².